The Morgan fingerprint density at radius 1 is 1.00 bits per heavy atom. The second kappa shape index (κ2) is 7.89. The van der Waals surface area contributed by atoms with Crippen molar-refractivity contribution >= 4 is 11.9 Å². The molecule has 3 aromatic rings. The van der Waals surface area contributed by atoms with Crippen molar-refractivity contribution in [1.82, 2.24) is 4.98 Å². The fourth-order valence-electron chi connectivity index (χ4n) is 2.51. The fourth-order valence-corrected chi connectivity index (χ4v) is 2.51. The van der Waals surface area contributed by atoms with Crippen LogP contribution in [0.1, 0.15) is 22.7 Å². The van der Waals surface area contributed by atoms with Gasteiger partial charge in [-0.25, -0.2) is 4.98 Å². The van der Waals surface area contributed by atoms with E-state index in [0.29, 0.717) is 17.3 Å². The van der Waals surface area contributed by atoms with E-state index in [1.165, 1.54) is 0 Å². The summed E-state index contributed by atoms with van der Waals surface area (Å²) >= 11 is 0. The lowest BCUT2D eigenvalue weighted by atomic mass is 9.95. The summed E-state index contributed by atoms with van der Waals surface area (Å²) in [6.07, 6.45) is 1.77. The number of benzene rings is 2. The molecule has 0 aliphatic rings. The molecule has 0 spiro atoms. The minimum atomic E-state index is -0.515. The number of methoxy groups -OCH3 is 1. The van der Waals surface area contributed by atoms with Crippen molar-refractivity contribution in [2.24, 2.45) is 4.99 Å². The predicted octanol–water partition coefficient (Wildman–Crippen LogP) is 4.50. The summed E-state index contributed by atoms with van der Waals surface area (Å²) in [5.74, 6) is -0.0518. The van der Waals surface area contributed by atoms with E-state index in [9.17, 15) is 5.26 Å². The molecule has 25 heavy (non-hydrogen) atoms. The summed E-state index contributed by atoms with van der Waals surface area (Å²) in [6.45, 7) is 0. The van der Waals surface area contributed by atoms with Gasteiger partial charge in [0.15, 0.2) is 0 Å². The molecule has 0 saturated carbocycles. The summed E-state index contributed by atoms with van der Waals surface area (Å²) in [6, 6.07) is 25.3. The van der Waals surface area contributed by atoms with E-state index in [1.807, 2.05) is 66.7 Å². The Balaban J connectivity index is 2.04. The van der Waals surface area contributed by atoms with Gasteiger partial charge in [-0.2, -0.15) is 5.26 Å². The van der Waals surface area contributed by atoms with Crippen LogP contribution in [-0.4, -0.2) is 18.3 Å². The van der Waals surface area contributed by atoms with E-state index in [-0.39, 0.29) is 0 Å². The van der Waals surface area contributed by atoms with E-state index < -0.39 is 5.92 Å². The zero-order valence-electron chi connectivity index (χ0n) is 13.8. The first-order valence-electron chi connectivity index (χ1n) is 7.90. The molecule has 4 heteroatoms. The lowest BCUT2D eigenvalue weighted by Gasteiger charge is -2.12. The van der Waals surface area contributed by atoms with E-state index >= 15 is 0 Å². The van der Waals surface area contributed by atoms with Crippen molar-refractivity contribution in [1.29, 1.82) is 5.26 Å². The summed E-state index contributed by atoms with van der Waals surface area (Å²) in [5, 5.41) is 9.72. The quantitative estimate of drug-likeness (QED) is 0.648. The van der Waals surface area contributed by atoms with Crippen LogP contribution >= 0.6 is 0 Å². The van der Waals surface area contributed by atoms with Gasteiger partial charge in [-0.05, 0) is 17.2 Å². The highest BCUT2D eigenvalue weighted by Crippen LogP contribution is 2.31. The maximum absolute atomic E-state index is 9.72. The van der Waals surface area contributed by atoms with E-state index in [0.717, 1.165) is 11.1 Å². The minimum absolute atomic E-state index is 0.463. The summed E-state index contributed by atoms with van der Waals surface area (Å²) in [4.78, 5) is 9.04. The molecular formula is C21H17N3O. The second-order valence-electron chi connectivity index (χ2n) is 5.40. The molecule has 0 saturated heterocycles. The highest BCUT2D eigenvalue weighted by atomic mass is 16.5. The Bertz CT molecular complexity index is 899. The zero-order valence-corrected chi connectivity index (χ0v) is 13.8. The molecule has 4 nitrogen and oxygen atoms in total. The molecular weight excluding hydrogens is 310 g/mol. The van der Waals surface area contributed by atoms with Gasteiger partial charge in [0.05, 0.1) is 24.6 Å². The molecule has 0 amide bonds. The molecule has 0 aliphatic heterocycles. The van der Waals surface area contributed by atoms with Gasteiger partial charge in [-0.1, -0.05) is 60.7 Å². The van der Waals surface area contributed by atoms with Crippen LogP contribution in [-0.2, 0) is 0 Å². The largest absolute Gasteiger partial charge is 0.481 e. The average Bonchev–Trinajstić information content (AvgIpc) is 2.69. The molecule has 122 valence electrons. The predicted molar refractivity (Wildman–Crippen MR) is 98.4 cm³/mol. The Morgan fingerprint density at radius 3 is 2.32 bits per heavy atom. The highest BCUT2D eigenvalue weighted by Gasteiger charge is 2.19. The standard InChI is InChI=1S/C21H17N3O/c1-25-20-13-12-19(23-15-16-8-4-2-5-9-16)21(24-20)18(14-22)17-10-6-3-7-11-17/h2-13,15,18H,1H3. The zero-order chi connectivity index (χ0) is 17.5. The summed E-state index contributed by atoms with van der Waals surface area (Å²) < 4.78 is 5.23. The third-order valence-corrected chi connectivity index (χ3v) is 3.77. The Morgan fingerprint density at radius 2 is 1.68 bits per heavy atom. The van der Waals surface area contributed by atoms with Crippen LogP contribution in [0, 0.1) is 11.3 Å². The van der Waals surface area contributed by atoms with Crippen LogP contribution in [0.4, 0.5) is 5.69 Å². The van der Waals surface area contributed by atoms with Crippen LogP contribution in [0.5, 0.6) is 5.88 Å². The van der Waals surface area contributed by atoms with Crippen molar-refractivity contribution in [3.05, 3.63) is 89.6 Å². The third-order valence-electron chi connectivity index (χ3n) is 3.77. The normalized spacial score (nSPS) is 11.8. The van der Waals surface area contributed by atoms with Gasteiger partial charge in [-0.15, -0.1) is 0 Å². The average molecular weight is 327 g/mol. The molecule has 0 radical (unpaired) electrons. The van der Waals surface area contributed by atoms with Gasteiger partial charge >= 0.3 is 0 Å². The van der Waals surface area contributed by atoms with Gasteiger partial charge in [0.25, 0.3) is 0 Å². The van der Waals surface area contributed by atoms with E-state index in [1.54, 1.807) is 19.4 Å². The van der Waals surface area contributed by atoms with Crippen LogP contribution in [0.3, 0.4) is 0 Å². The first-order valence-corrected chi connectivity index (χ1v) is 7.90. The van der Waals surface area contributed by atoms with Gasteiger partial charge < -0.3 is 4.74 Å². The molecule has 0 N–H and O–H groups in total. The van der Waals surface area contributed by atoms with Crippen molar-refractivity contribution < 1.29 is 4.74 Å². The van der Waals surface area contributed by atoms with Crippen LogP contribution in [0.25, 0.3) is 0 Å². The number of hydrogen-bond donors (Lipinski definition) is 0. The Hall–Kier alpha value is -3.45. The Kier molecular flexibility index (Phi) is 5.18. The molecule has 0 bridgehead atoms. The maximum atomic E-state index is 9.72. The molecule has 0 aliphatic carbocycles. The smallest absolute Gasteiger partial charge is 0.213 e. The molecule has 0 fully saturated rings. The lowest BCUT2D eigenvalue weighted by Crippen LogP contribution is -2.03. The number of nitrogens with zero attached hydrogens (tertiary/aromatic N) is 3. The molecule has 1 aromatic heterocycles. The van der Waals surface area contributed by atoms with Gasteiger partial charge in [0.2, 0.25) is 5.88 Å². The number of ether oxygens (including phenoxy) is 1. The maximum Gasteiger partial charge on any atom is 0.213 e. The van der Waals surface area contributed by atoms with E-state index in [2.05, 4.69) is 16.0 Å². The number of rotatable bonds is 5. The molecule has 3 rings (SSSR count). The monoisotopic (exact) mass is 327 g/mol. The molecule has 1 unspecified atom stereocenters. The summed E-state index contributed by atoms with van der Waals surface area (Å²) in [5.41, 5.74) is 3.10. The fraction of sp³-hybridized carbons (Fsp3) is 0.0952. The highest BCUT2D eigenvalue weighted by molar-refractivity contribution is 5.82. The number of aromatic nitrogens is 1. The van der Waals surface area contributed by atoms with Crippen LogP contribution < -0.4 is 4.74 Å². The molecule has 2 aromatic carbocycles. The minimum Gasteiger partial charge on any atom is -0.481 e. The van der Waals surface area contributed by atoms with Gasteiger partial charge in [0, 0.05) is 12.3 Å². The molecule has 1 atom stereocenters. The Labute approximate surface area is 147 Å². The first-order chi connectivity index (χ1) is 12.3. The van der Waals surface area contributed by atoms with Crippen molar-refractivity contribution in [2.45, 2.75) is 5.92 Å². The number of aliphatic imine (C=N–C) groups is 1. The number of hydrogen-bond acceptors (Lipinski definition) is 4. The summed E-state index contributed by atoms with van der Waals surface area (Å²) in [7, 11) is 1.56. The van der Waals surface area contributed by atoms with Crippen molar-refractivity contribution in [3.8, 4) is 11.9 Å². The van der Waals surface area contributed by atoms with Crippen molar-refractivity contribution in [3.63, 3.8) is 0 Å². The third kappa shape index (κ3) is 3.91. The SMILES string of the molecule is COc1ccc(N=Cc2ccccc2)c(C(C#N)c2ccccc2)n1. The number of nitriles is 1. The number of pyridine rings is 1. The van der Waals surface area contributed by atoms with Crippen LogP contribution in [0.2, 0.25) is 0 Å². The lowest BCUT2D eigenvalue weighted by molar-refractivity contribution is 0.396. The van der Waals surface area contributed by atoms with Gasteiger partial charge in [-0.3, -0.25) is 4.99 Å². The van der Waals surface area contributed by atoms with E-state index in [4.69, 9.17) is 4.74 Å². The van der Waals surface area contributed by atoms with Crippen molar-refractivity contribution in [2.75, 3.05) is 7.11 Å². The molecule has 1 heterocycles. The first kappa shape index (κ1) is 16.4. The van der Waals surface area contributed by atoms with Gasteiger partial charge in [0.1, 0.15) is 5.92 Å². The van der Waals surface area contributed by atoms with Crippen LogP contribution in [0.15, 0.2) is 77.8 Å². The second-order valence-corrected chi connectivity index (χ2v) is 5.40. The topological polar surface area (TPSA) is 58.3 Å².